The lowest BCUT2D eigenvalue weighted by molar-refractivity contribution is -0.323. The molecule has 0 aromatic heterocycles. The molecule has 15 atom stereocenters. The Morgan fingerprint density at radius 3 is 1.68 bits per heavy atom. The van der Waals surface area contributed by atoms with E-state index in [-0.39, 0.29) is 5.75 Å². The lowest BCUT2D eigenvalue weighted by Gasteiger charge is -2.42. The first kappa shape index (κ1) is 40.6. The number of ether oxygens (including phenoxy) is 6. The second-order valence-electron chi connectivity index (χ2n) is 12.6. The first-order chi connectivity index (χ1) is 25.1. The standard InChI is InChI=1S/C33H42O20/c34-9-18-22(39)25(42)28(45)31(51-18)48-11-20-24(41)27(44)29(46)32(53-20)49-14-7-16(38)21(15(37)6-3-12-1-4-13(36)5-2-12)17(8-14)50-33-30(47)26(43)23(40)19(10-35)52-33/h1-8,18-20,22-36,38-47H,9-11H2. The molecule has 3 saturated heterocycles. The fraction of sp³-hybridized carbons (Fsp3) is 0.545. The monoisotopic (exact) mass is 758 g/mol. The van der Waals surface area contributed by atoms with Crippen LogP contribution in [0.5, 0.6) is 23.0 Å². The molecular formula is C33H42O20. The van der Waals surface area contributed by atoms with Crippen LogP contribution in [0.4, 0.5) is 0 Å². The molecule has 2 aromatic carbocycles. The predicted molar refractivity (Wildman–Crippen MR) is 171 cm³/mol. The van der Waals surface area contributed by atoms with Crippen LogP contribution in [0.25, 0.3) is 6.08 Å². The fourth-order valence-corrected chi connectivity index (χ4v) is 5.80. The van der Waals surface area contributed by atoms with Crippen molar-refractivity contribution in [3.8, 4) is 23.0 Å². The molecule has 3 fully saturated rings. The number of aliphatic hydroxyl groups excluding tert-OH is 11. The van der Waals surface area contributed by atoms with Crippen LogP contribution in [-0.2, 0) is 18.9 Å². The van der Waals surface area contributed by atoms with Gasteiger partial charge in [-0.3, -0.25) is 4.79 Å². The van der Waals surface area contributed by atoms with Crippen molar-refractivity contribution in [3.63, 3.8) is 0 Å². The summed E-state index contributed by atoms with van der Waals surface area (Å²) >= 11 is 0. The second-order valence-corrected chi connectivity index (χ2v) is 12.6. The average molecular weight is 759 g/mol. The van der Waals surface area contributed by atoms with Crippen LogP contribution in [0.15, 0.2) is 42.5 Å². The highest BCUT2D eigenvalue weighted by Crippen LogP contribution is 2.38. The van der Waals surface area contributed by atoms with E-state index < -0.39 is 141 Å². The number of aromatic hydroxyl groups is 2. The van der Waals surface area contributed by atoms with E-state index in [4.69, 9.17) is 28.4 Å². The van der Waals surface area contributed by atoms with Crippen LogP contribution in [-0.4, -0.2) is 184 Å². The minimum atomic E-state index is -1.96. The van der Waals surface area contributed by atoms with Crippen LogP contribution >= 0.6 is 0 Å². The molecule has 3 heterocycles. The van der Waals surface area contributed by atoms with Gasteiger partial charge in [0.25, 0.3) is 0 Å². The van der Waals surface area contributed by atoms with Crippen LogP contribution < -0.4 is 9.47 Å². The number of rotatable bonds is 12. The highest BCUT2D eigenvalue weighted by molar-refractivity contribution is 6.10. The number of carbonyl (C=O) groups is 1. The Bertz CT molecular complexity index is 1550. The van der Waals surface area contributed by atoms with E-state index in [9.17, 15) is 71.2 Å². The van der Waals surface area contributed by atoms with Crippen molar-refractivity contribution in [2.75, 3.05) is 19.8 Å². The van der Waals surface area contributed by atoms with Gasteiger partial charge in [0.05, 0.1) is 19.8 Å². The minimum Gasteiger partial charge on any atom is -0.508 e. The van der Waals surface area contributed by atoms with E-state index in [2.05, 4.69) is 0 Å². The van der Waals surface area contributed by atoms with E-state index in [0.29, 0.717) is 5.56 Å². The van der Waals surface area contributed by atoms with E-state index in [0.717, 1.165) is 18.2 Å². The number of carbonyl (C=O) groups excluding carboxylic acids is 1. The lowest BCUT2D eigenvalue weighted by atomic mass is 9.98. The van der Waals surface area contributed by atoms with Gasteiger partial charge < -0.3 is 94.8 Å². The van der Waals surface area contributed by atoms with Crippen LogP contribution in [0.3, 0.4) is 0 Å². The number of phenols is 2. The van der Waals surface area contributed by atoms with Gasteiger partial charge in [0.1, 0.15) is 102 Å². The largest absolute Gasteiger partial charge is 0.508 e. The molecule has 0 amide bonds. The van der Waals surface area contributed by atoms with Crippen molar-refractivity contribution in [2.24, 2.45) is 0 Å². The van der Waals surface area contributed by atoms with Crippen LogP contribution in [0.2, 0.25) is 0 Å². The molecule has 53 heavy (non-hydrogen) atoms. The summed E-state index contributed by atoms with van der Waals surface area (Å²) in [6, 6.07) is 7.59. The molecule has 15 unspecified atom stereocenters. The summed E-state index contributed by atoms with van der Waals surface area (Å²) in [4.78, 5) is 13.4. The van der Waals surface area contributed by atoms with Crippen molar-refractivity contribution >= 4 is 11.9 Å². The van der Waals surface area contributed by atoms with Gasteiger partial charge in [-0.05, 0) is 23.8 Å². The molecule has 2 aromatic rings. The normalized spacial score (nSPS) is 37.8. The zero-order valence-electron chi connectivity index (χ0n) is 27.6. The fourth-order valence-electron chi connectivity index (χ4n) is 5.80. The maximum absolute atomic E-state index is 13.4. The number of aliphatic hydroxyl groups is 11. The Kier molecular flexibility index (Phi) is 13.2. The van der Waals surface area contributed by atoms with Crippen LogP contribution in [0.1, 0.15) is 15.9 Å². The molecule has 0 saturated carbocycles. The molecule has 20 heteroatoms. The summed E-state index contributed by atoms with van der Waals surface area (Å²) in [6.45, 7) is -2.24. The van der Waals surface area contributed by atoms with E-state index in [1.54, 1.807) is 0 Å². The molecule has 3 aliphatic heterocycles. The highest BCUT2D eigenvalue weighted by atomic mass is 16.7. The number of ketones is 1. The van der Waals surface area contributed by atoms with E-state index in [1.807, 2.05) is 0 Å². The van der Waals surface area contributed by atoms with Gasteiger partial charge in [-0.25, -0.2) is 0 Å². The summed E-state index contributed by atoms with van der Waals surface area (Å²) in [5.41, 5.74) is -0.0584. The molecule has 0 radical (unpaired) electrons. The van der Waals surface area contributed by atoms with Crippen molar-refractivity contribution in [3.05, 3.63) is 53.6 Å². The van der Waals surface area contributed by atoms with Crippen molar-refractivity contribution < 1.29 is 99.6 Å². The topological polar surface area (TPSA) is 335 Å². The summed E-state index contributed by atoms with van der Waals surface area (Å²) in [5.74, 6) is -2.64. The Balaban J connectivity index is 1.39. The van der Waals surface area contributed by atoms with Crippen LogP contribution in [0, 0.1) is 0 Å². The van der Waals surface area contributed by atoms with Crippen molar-refractivity contribution in [1.82, 2.24) is 0 Å². The zero-order chi connectivity index (χ0) is 38.7. The Hall–Kier alpha value is -3.55. The van der Waals surface area contributed by atoms with Gasteiger partial charge in [0, 0.05) is 12.1 Å². The maximum Gasteiger partial charge on any atom is 0.229 e. The zero-order valence-corrected chi connectivity index (χ0v) is 27.6. The summed E-state index contributed by atoms with van der Waals surface area (Å²) in [5, 5.41) is 133. The summed E-state index contributed by atoms with van der Waals surface area (Å²) < 4.78 is 33.0. The van der Waals surface area contributed by atoms with Gasteiger partial charge in [0.15, 0.2) is 12.1 Å². The summed E-state index contributed by atoms with van der Waals surface area (Å²) in [7, 11) is 0. The second kappa shape index (κ2) is 17.3. The maximum atomic E-state index is 13.4. The minimum absolute atomic E-state index is 0.0290. The molecule has 0 bridgehead atoms. The third-order valence-corrected chi connectivity index (χ3v) is 8.91. The molecular weight excluding hydrogens is 716 g/mol. The molecule has 5 rings (SSSR count). The first-order valence-corrected chi connectivity index (χ1v) is 16.3. The molecule has 13 N–H and O–H groups in total. The molecule has 3 aliphatic rings. The third kappa shape index (κ3) is 8.89. The lowest BCUT2D eigenvalue weighted by Crippen LogP contribution is -2.62. The SMILES string of the molecule is O=C(C=Cc1ccc(O)cc1)c1c(O)cc(OC2OC(COC3OC(CO)C(O)C(O)C3O)C(O)C(O)C2O)cc1OC1OC(CO)C(O)C(O)C1O. The smallest absolute Gasteiger partial charge is 0.229 e. The number of phenolic OH excluding ortho intramolecular Hbond substituents is 2. The van der Waals surface area contributed by atoms with Crippen molar-refractivity contribution in [1.29, 1.82) is 0 Å². The highest BCUT2D eigenvalue weighted by Gasteiger charge is 2.49. The molecule has 0 spiro atoms. The number of allylic oxidation sites excluding steroid dienone is 1. The number of hydrogen-bond acceptors (Lipinski definition) is 20. The van der Waals surface area contributed by atoms with Gasteiger partial charge in [-0.1, -0.05) is 18.2 Å². The van der Waals surface area contributed by atoms with E-state index >= 15 is 0 Å². The van der Waals surface area contributed by atoms with E-state index in [1.165, 1.54) is 30.3 Å². The predicted octanol–water partition coefficient (Wildman–Crippen LogP) is -4.82. The van der Waals surface area contributed by atoms with Crippen molar-refractivity contribution in [2.45, 2.75) is 92.1 Å². The first-order valence-electron chi connectivity index (χ1n) is 16.3. The Morgan fingerprint density at radius 2 is 1.11 bits per heavy atom. The average Bonchev–Trinajstić information content (AvgIpc) is 3.14. The van der Waals surface area contributed by atoms with Gasteiger partial charge >= 0.3 is 0 Å². The third-order valence-electron chi connectivity index (χ3n) is 8.91. The quantitative estimate of drug-likeness (QED) is 0.0713. The van der Waals surface area contributed by atoms with Gasteiger partial charge in [0.2, 0.25) is 12.6 Å². The Morgan fingerprint density at radius 1 is 0.623 bits per heavy atom. The van der Waals surface area contributed by atoms with Gasteiger partial charge in [-0.15, -0.1) is 0 Å². The Labute approximate surface area is 300 Å². The molecule has 20 nitrogen and oxygen atoms in total. The van der Waals surface area contributed by atoms with Gasteiger partial charge in [-0.2, -0.15) is 0 Å². The summed E-state index contributed by atoms with van der Waals surface area (Å²) in [6.07, 6.45) is -23.8. The number of benzene rings is 2. The molecule has 0 aliphatic carbocycles. The number of hydrogen-bond donors (Lipinski definition) is 13. The molecule has 294 valence electrons.